The molecule has 0 bridgehead atoms. The van der Waals surface area contributed by atoms with Gasteiger partial charge in [0.05, 0.1) is 10.6 Å². The Morgan fingerprint density at radius 3 is 2.68 bits per heavy atom. The molecule has 4 nitrogen and oxygen atoms in total. The summed E-state index contributed by atoms with van der Waals surface area (Å²) in [4.78, 5) is 10.2. The fraction of sp³-hybridized carbons (Fsp3) is 0.357. The van der Waals surface area contributed by atoms with Crippen LogP contribution >= 0.6 is 11.3 Å². The van der Waals surface area contributed by atoms with Crippen molar-refractivity contribution < 1.29 is 0 Å². The molecular formula is C14H16N4S. The van der Waals surface area contributed by atoms with Crippen LogP contribution in [0.2, 0.25) is 0 Å². The number of nitrogens with zero attached hydrogens (tertiary/aromatic N) is 4. The summed E-state index contributed by atoms with van der Waals surface area (Å²) < 4.78 is 0. The molecule has 0 fully saturated rings. The van der Waals surface area contributed by atoms with Gasteiger partial charge in [-0.25, -0.2) is 15.0 Å². The van der Waals surface area contributed by atoms with Gasteiger partial charge < -0.3 is 0 Å². The summed E-state index contributed by atoms with van der Waals surface area (Å²) in [7, 11) is 0. The van der Waals surface area contributed by atoms with E-state index in [1.165, 1.54) is 4.88 Å². The first-order valence-electron chi connectivity index (χ1n) is 6.43. The van der Waals surface area contributed by atoms with Gasteiger partial charge in [0.25, 0.3) is 0 Å². The maximum Gasteiger partial charge on any atom is 0.246 e. The highest BCUT2D eigenvalue weighted by Crippen LogP contribution is 2.21. The second-order valence-corrected chi connectivity index (χ2v) is 5.65. The molecule has 0 amide bonds. The van der Waals surface area contributed by atoms with Crippen LogP contribution in [0.1, 0.15) is 29.1 Å². The summed E-state index contributed by atoms with van der Waals surface area (Å²) in [5.41, 5.74) is 3.12. The zero-order chi connectivity index (χ0) is 13.2. The van der Waals surface area contributed by atoms with Crippen molar-refractivity contribution in [2.75, 3.05) is 11.6 Å². The van der Waals surface area contributed by atoms with E-state index in [1.54, 1.807) is 11.3 Å². The van der Waals surface area contributed by atoms with Crippen molar-refractivity contribution >= 4 is 23.0 Å². The van der Waals surface area contributed by atoms with Gasteiger partial charge in [0.1, 0.15) is 0 Å². The predicted octanol–water partition coefficient (Wildman–Crippen LogP) is 3.16. The van der Waals surface area contributed by atoms with Crippen LogP contribution in [0, 0.1) is 13.8 Å². The Hall–Kier alpha value is -1.75. The highest BCUT2D eigenvalue weighted by atomic mass is 32.1. The van der Waals surface area contributed by atoms with Gasteiger partial charge in [-0.3, -0.25) is 0 Å². The standard InChI is InChI=1S/C14H16N4S/c1-10-9-11(2)16-14(15-10)18-7-3-5-12(17-18)13-6-4-8-19-13/h4,6,8-9H,3,5,7H2,1-2H3. The molecule has 0 unspecified atom stereocenters. The highest BCUT2D eigenvalue weighted by Gasteiger charge is 2.17. The average molecular weight is 272 g/mol. The van der Waals surface area contributed by atoms with Gasteiger partial charge in [0, 0.05) is 17.9 Å². The molecular weight excluding hydrogens is 256 g/mol. The minimum atomic E-state index is 0.714. The number of rotatable bonds is 2. The quantitative estimate of drug-likeness (QED) is 0.843. The van der Waals surface area contributed by atoms with Crippen LogP contribution in [-0.2, 0) is 0 Å². The third-order valence-electron chi connectivity index (χ3n) is 3.03. The molecule has 2 aromatic rings. The first-order chi connectivity index (χ1) is 9.22. The van der Waals surface area contributed by atoms with Crippen LogP contribution in [0.25, 0.3) is 0 Å². The molecule has 0 radical (unpaired) electrons. The Kier molecular flexibility index (Phi) is 3.29. The number of aryl methyl sites for hydroxylation is 2. The maximum atomic E-state index is 4.71. The van der Waals surface area contributed by atoms with Crippen LogP contribution in [0.5, 0.6) is 0 Å². The van der Waals surface area contributed by atoms with Gasteiger partial charge in [0.15, 0.2) is 0 Å². The van der Waals surface area contributed by atoms with Crippen molar-refractivity contribution in [3.8, 4) is 0 Å². The van der Waals surface area contributed by atoms with Gasteiger partial charge in [-0.15, -0.1) is 11.3 Å². The van der Waals surface area contributed by atoms with Gasteiger partial charge in [-0.05, 0) is 44.2 Å². The van der Waals surface area contributed by atoms with E-state index in [4.69, 9.17) is 5.10 Å². The van der Waals surface area contributed by atoms with Crippen molar-refractivity contribution in [2.24, 2.45) is 5.10 Å². The lowest BCUT2D eigenvalue weighted by Crippen LogP contribution is -2.27. The van der Waals surface area contributed by atoms with E-state index in [2.05, 4.69) is 27.5 Å². The predicted molar refractivity (Wildman–Crippen MR) is 78.9 cm³/mol. The van der Waals surface area contributed by atoms with Crippen molar-refractivity contribution in [3.63, 3.8) is 0 Å². The van der Waals surface area contributed by atoms with Crippen molar-refractivity contribution in [1.82, 2.24) is 9.97 Å². The number of anilines is 1. The lowest BCUT2D eigenvalue weighted by Gasteiger charge is -2.23. The van der Waals surface area contributed by atoms with Gasteiger partial charge in [-0.2, -0.15) is 5.10 Å². The number of hydrogen-bond acceptors (Lipinski definition) is 5. The van der Waals surface area contributed by atoms with E-state index < -0.39 is 0 Å². The zero-order valence-electron chi connectivity index (χ0n) is 11.1. The first kappa shape index (κ1) is 12.3. The summed E-state index contributed by atoms with van der Waals surface area (Å²) in [5.74, 6) is 0.714. The summed E-state index contributed by atoms with van der Waals surface area (Å²) in [6.07, 6.45) is 2.12. The molecule has 0 saturated carbocycles. The van der Waals surface area contributed by atoms with Crippen molar-refractivity contribution in [1.29, 1.82) is 0 Å². The molecule has 2 aromatic heterocycles. The number of hydrazone groups is 1. The van der Waals surface area contributed by atoms with E-state index in [9.17, 15) is 0 Å². The third kappa shape index (κ3) is 2.66. The largest absolute Gasteiger partial charge is 0.246 e. The van der Waals surface area contributed by atoms with Gasteiger partial charge in [-0.1, -0.05) is 6.07 Å². The second-order valence-electron chi connectivity index (χ2n) is 4.70. The van der Waals surface area contributed by atoms with Crippen LogP contribution in [0.15, 0.2) is 28.7 Å². The molecule has 0 aromatic carbocycles. The van der Waals surface area contributed by atoms with E-state index in [0.717, 1.165) is 36.5 Å². The number of aromatic nitrogens is 2. The Morgan fingerprint density at radius 1 is 1.21 bits per heavy atom. The molecule has 0 spiro atoms. The Morgan fingerprint density at radius 2 is 2.00 bits per heavy atom. The molecule has 3 rings (SSSR count). The number of thiophene rings is 1. The lowest BCUT2D eigenvalue weighted by atomic mass is 10.1. The molecule has 98 valence electrons. The second kappa shape index (κ2) is 5.09. The molecule has 1 aliphatic rings. The molecule has 0 saturated heterocycles. The summed E-state index contributed by atoms with van der Waals surface area (Å²) in [5, 5.41) is 8.73. The fourth-order valence-electron chi connectivity index (χ4n) is 2.22. The fourth-order valence-corrected chi connectivity index (χ4v) is 2.96. The summed E-state index contributed by atoms with van der Waals surface area (Å²) in [6, 6.07) is 6.17. The molecule has 0 N–H and O–H groups in total. The van der Waals surface area contributed by atoms with E-state index >= 15 is 0 Å². The topological polar surface area (TPSA) is 41.4 Å². The molecule has 5 heteroatoms. The monoisotopic (exact) mass is 272 g/mol. The maximum absolute atomic E-state index is 4.71. The zero-order valence-corrected chi connectivity index (χ0v) is 11.9. The van der Waals surface area contributed by atoms with Gasteiger partial charge >= 0.3 is 0 Å². The Balaban J connectivity index is 1.94. The van der Waals surface area contributed by atoms with E-state index in [1.807, 2.05) is 24.9 Å². The minimum Gasteiger partial charge on any atom is -0.231 e. The minimum absolute atomic E-state index is 0.714. The van der Waals surface area contributed by atoms with Crippen LogP contribution < -0.4 is 5.01 Å². The molecule has 19 heavy (non-hydrogen) atoms. The molecule has 0 aliphatic carbocycles. The molecule has 1 aliphatic heterocycles. The smallest absolute Gasteiger partial charge is 0.231 e. The third-order valence-corrected chi connectivity index (χ3v) is 3.95. The Bertz CT molecular complexity index is 584. The normalized spacial score (nSPS) is 15.5. The number of hydrogen-bond donors (Lipinski definition) is 0. The average Bonchev–Trinajstić information content (AvgIpc) is 2.92. The van der Waals surface area contributed by atoms with Crippen molar-refractivity contribution in [2.45, 2.75) is 26.7 Å². The molecule has 3 heterocycles. The summed E-state index contributed by atoms with van der Waals surface area (Å²) in [6.45, 7) is 4.87. The lowest BCUT2D eigenvalue weighted by molar-refractivity contribution is 0.716. The molecule has 0 atom stereocenters. The van der Waals surface area contributed by atoms with Gasteiger partial charge in [0.2, 0.25) is 5.95 Å². The van der Waals surface area contributed by atoms with Crippen molar-refractivity contribution in [3.05, 3.63) is 39.8 Å². The summed E-state index contributed by atoms with van der Waals surface area (Å²) >= 11 is 1.73. The highest BCUT2D eigenvalue weighted by molar-refractivity contribution is 7.12. The van der Waals surface area contributed by atoms with Crippen LogP contribution in [0.3, 0.4) is 0 Å². The SMILES string of the molecule is Cc1cc(C)nc(N2CCCC(c3cccs3)=N2)n1. The Labute approximate surface area is 116 Å². The van der Waals surface area contributed by atoms with E-state index in [-0.39, 0.29) is 0 Å². The van der Waals surface area contributed by atoms with Crippen LogP contribution in [-0.4, -0.2) is 22.2 Å². The van der Waals surface area contributed by atoms with E-state index in [0.29, 0.717) is 5.95 Å². The first-order valence-corrected chi connectivity index (χ1v) is 7.31. The van der Waals surface area contributed by atoms with Crippen LogP contribution in [0.4, 0.5) is 5.95 Å².